The third kappa shape index (κ3) is 4.14. The van der Waals surface area contributed by atoms with Gasteiger partial charge < -0.3 is 11.1 Å². The molecule has 4 aromatic heterocycles. The number of fused-ring (bicyclic) bond motifs is 1. The number of carbonyl (C=O) groups excluding carboxylic acids is 1. The molecule has 0 aliphatic heterocycles. The summed E-state index contributed by atoms with van der Waals surface area (Å²) in [5, 5.41) is 11.1. The van der Waals surface area contributed by atoms with Crippen LogP contribution in [0.15, 0.2) is 61.4 Å². The third-order valence-electron chi connectivity index (χ3n) is 5.23. The van der Waals surface area contributed by atoms with Gasteiger partial charge in [-0.15, -0.1) is 0 Å². The molecule has 0 bridgehead atoms. The first-order valence-electron chi connectivity index (χ1n) is 10.2. The minimum Gasteiger partial charge on any atom is -0.381 e. The van der Waals surface area contributed by atoms with Crippen LogP contribution in [0.25, 0.3) is 22.6 Å². The minimum absolute atomic E-state index is 0.128. The largest absolute Gasteiger partial charge is 0.416 e. The highest BCUT2D eigenvalue weighted by atomic mass is 19.4. The molecule has 0 unspecified atom stereocenters. The maximum atomic E-state index is 13.0. The second-order valence-electron chi connectivity index (χ2n) is 7.56. The maximum Gasteiger partial charge on any atom is 0.416 e. The van der Waals surface area contributed by atoms with E-state index in [2.05, 4.69) is 30.5 Å². The molecule has 0 aliphatic rings. The van der Waals surface area contributed by atoms with E-state index < -0.39 is 17.6 Å². The number of halogens is 3. The Balaban J connectivity index is 1.43. The van der Waals surface area contributed by atoms with Gasteiger partial charge in [0, 0.05) is 17.3 Å². The van der Waals surface area contributed by atoms with Gasteiger partial charge >= 0.3 is 6.18 Å². The maximum absolute atomic E-state index is 13.0. The molecule has 0 aliphatic carbocycles. The number of rotatable bonds is 4. The lowest BCUT2D eigenvalue weighted by Crippen LogP contribution is -2.14. The standard InChI is InChI=1S/C22H16F3N9O/c1-12-17(33-10-14(7-30-33)18-9-28-20-19(26)29-11-31-34(18)20)6-16(8-27-12)32-21(35)13-3-2-4-15(5-13)22(23,24)25/h2-11H,1H3,(H,32,35)(H2,26,29,31). The van der Waals surface area contributed by atoms with Crippen molar-refractivity contribution in [2.45, 2.75) is 13.1 Å². The molecule has 5 rings (SSSR count). The van der Waals surface area contributed by atoms with E-state index in [1.54, 1.807) is 40.8 Å². The Labute approximate surface area is 195 Å². The minimum atomic E-state index is -4.55. The number of carbonyl (C=O) groups is 1. The van der Waals surface area contributed by atoms with Crippen LogP contribution in [-0.4, -0.2) is 40.3 Å². The summed E-state index contributed by atoms with van der Waals surface area (Å²) in [5.41, 5.74) is 8.00. The molecule has 13 heteroatoms. The van der Waals surface area contributed by atoms with Gasteiger partial charge in [-0.1, -0.05) is 6.07 Å². The number of hydrogen-bond acceptors (Lipinski definition) is 7. The van der Waals surface area contributed by atoms with Crippen molar-refractivity contribution in [3.63, 3.8) is 0 Å². The Morgan fingerprint density at radius 2 is 1.89 bits per heavy atom. The lowest BCUT2D eigenvalue weighted by atomic mass is 10.1. The van der Waals surface area contributed by atoms with E-state index in [9.17, 15) is 18.0 Å². The lowest BCUT2D eigenvalue weighted by Gasteiger charge is -2.11. The summed E-state index contributed by atoms with van der Waals surface area (Å²) >= 11 is 0. The first kappa shape index (κ1) is 22.0. The molecular weight excluding hydrogens is 463 g/mol. The molecule has 0 saturated carbocycles. The number of nitrogens with zero attached hydrogens (tertiary/aromatic N) is 7. The highest BCUT2D eigenvalue weighted by molar-refractivity contribution is 6.04. The summed E-state index contributed by atoms with van der Waals surface area (Å²) in [4.78, 5) is 25.0. The molecule has 0 radical (unpaired) electrons. The van der Waals surface area contributed by atoms with Crippen molar-refractivity contribution in [1.82, 2.24) is 34.3 Å². The number of alkyl halides is 3. The van der Waals surface area contributed by atoms with E-state index in [0.717, 1.165) is 12.1 Å². The Morgan fingerprint density at radius 1 is 1.06 bits per heavy atom. The molecule has 176 valence electrons. The molecule has 10 nitrogen and oxygen atoms in total. The average molecular weight is 479 g/mol. The molecule has 0 saturated heterocycles. The van der Waals surface area contributed by atoms with Gasteiger partial charge in [0.1, 0.15) is 6.33 Å². The van der Waals surface area contributed by atoms with Crippen LogP contribution in [0.4, 0.5) is 24.7 Å². The van der Waals surface area contributed by atoms with Crippen molar-refractivity contribution >= 4 is 23.1 Å². The summed E-state index contributed by atoms with van der Waals surface area (Å²) < 4.78 is 42.0. The molecule has 0 fully saturated rings. The second-order valence-corrected chi connectivity index (χ2v) is 7.56. The summed E-state index contributed by atoms with van der Waals surface area (Å²) in [6, 6.07) is 5.81. The van der Waals surface area contributed by atoms with Gasteiger partial charge in [0.05, 0.1) is 46.9 Å². The lowest BCUT2D eigenvalue weighted by molar-refractivity contribution is -0.137. The first-order chi connectivity index (χ1) is 16.7. The van der Waals surface area contributed by atoms with Crippen LogP contribution >= 0.6 is 0 Å². The van der Waals surface area contributed by atoms with Crippen LogP contribution < -0.4 is 11.1 Å². The average Bonchev–Trinajstić information content (AvgIpc) is 3.48. The van der Waals surface area contributed by atoms with Gasteiger partial charge in [-0.25, -0.2) is 19.2 Å². The highest BCUT2D eigenvalue weighted by Crippen LogP contribution is 2.30. The van der Waals surface area contributed by atoms with Gasteiger partial charge in [-0.05, 0) is 31.2 Å². The third-order valence-corrected chi connectivity index (χ3v) is 5.23. The first-order valence-corrected chi connectivity index (χ1v) is 10.2. The highest BCUT2D eigenvalue weighted by Gasteiger charge is 2.31. The number of anilines is 2. The zero-order valence-electron chi connectivity index (χ0n) is 18.0. The van der Waals surface area contributed by atoms with Crippen LogP contribution in [-0.2, 0) is 6.18 Å². The molecule has 1 amide bonds. The smallest absolute Gasteiger partial charge is 0.381 e. The molecule has 0 atom stereocenters. The number of aromatic nitrogens is 7. The Morgan fingerprint density at radius 3 is 2.69 bits per heavy atom. The SMILES string of the molecule is Cc1ncc(NC(=O)c2cccc(C(F)(F)F)c2)cc1-n1cc(-c2cnc3c(N)ncnn23)cn1. The van der Waals surface area contributed by atoms with Gasteiger partial charge in [0.15, 0.2) is 11.5 Å². The van der Waals surface area contributed by atoms with Gasteiger partial charge in [0.25, 0.3) is 5.91 Å². The monoisotopic (exact) mass is 479 g/mol. The van der Waals surface area contributed by atoms with Crippen LogP contribution in [0.2, 0.25) is 0 Å². The van der Waals surface area contributed by atoms with E-state index in [1.165, 1.54) is 24.7 Å². The molecular formula is C22H16F3N9O. The normalized spacial score (nSPS) is 11.7. The predicted octanol–water partition coefficient (Wildman–Crippen LogP) is 3.53. The summed E-state index contributed by atoms with van der Waals surface area (Å²) in [6.45, 7) is 1.76. The number of nitrogens with two attached hydrogens (primary N) is 1. The summed E-state index contributed by atoms with van der Waals surface area (Å²) in [6.07, 6.45) is 3.12. The number of hydrogen-bond donors (Lipinski definition) is 2. The zero-order valence-corrected chi connectivity index (χ0v) is 18.0. The number of pyridine rings is 1. The fraction of sp³-hybridized carbons (Fsp3) is 0.0909. The number of aryl methyl sites for hydroxylation is 1. The Hall–Kier alpha value is -4.81. The number of amides is 1. The number of benzene rings is 1. The Bertz CT molecular complexity index is 1570. The van der Waals surface area contributed by atoms with Gasteiger partial charge in [-0.2, -0.15) is 23.4 Å². The van der Waals surface area contributed by atoms with Crippen LogP contribution in [0.1, 0.15) is 21.6 Å². The zero-order chi connectivity index (χ0) is 24.7. The molecule has 35 heavy (non-hydrogen) atoms. The molecule has 5 aromatic rings. The number of imidazole rings is 1. The molecule has 0 spiro atoms. The Kier molecular flexibility index (Phi) is 5.16. The van der Waals surface area contributed by atoms with Crippen molar-refractivity contribution in [3.8, 4) is 16.9 Å². The van der Waals surface area contributed by atoms with E-state index >= 15 is 0 Å². The van der Waals surface area contributed by atoms with Crippen molar-refractivity contribution in [2.24, 2.45) is 0 Å². The van der Waals surface area contributed by atoms with E-state index in [0.29, 0.717) is 34.0 Å². The number of nitrogens with one attached hydrogen (secondary N) is 1. The quantitative estimate of drug-likeness (QED) is 0.403. The van der Waals surface area contributed by atoms with Crippen molar-refractivity contribution in [3.05, 3.63) is 78.3 Å². The molecule has 3 N–H and O–H groups in total. The van der Waals surface area contributed by atoms with E-state index in [-0.39, 0.29) is 11.4 Å². The van der Waals surface area contributed by atoms with E-state index in [4.69, 9.17) is 5.73 Å². The molecule has 1 aromatic carbocycles. The van der Waals surface area contributed by atoms with Crippen molar-refractivity contribution in [1.29, 1.82) is 0 Å². The second kappa shape index (κ2) is 8.20. The van der Waals surface area contributed by atoms with Gasteiger partial charge in [-0.3, -0.25) is 9.78 Å². The van der Waals surface area contributed by atoms with Crippen LogP contribution in [0.3, 0.4) is 0 Å². The van der Waals surface area contributed by atoms with Crippen LogP contribution in [0.5, 0.6) is 0 Å². The molecule has 4 heterocycles. The summed E-state index contributed by atoms with van der Waals surface area (Å²) in [5.74, 6) is -0.459. The van der Waals surface area contributed by atoms with E-state index in [1.807, 2.05) is 0 Å². The fourth-order valence-electron chi connectivity index (χ4n) is 3.48. The van der Waals surface area contributed by atoms with Crippen molar-refractivity contribution in [2.75, 3.05) is 11.1 Å². The van der Waals surface area contributed by atoms with Gasteiger partial charge in [0.2, 0.25) is 0 Å². The predicted molar refractivity (Wildman–Crippen MR) is 120 cm³/mol. The summed E-state index contributed by atoms with van der Waals surface area (Å²) in [7, 11) is 0. The number of nitrogen functional groups attached to an aromatic ring is 1. The van der Waals surface area contributed by atoms with Crippen molar-refractivity contribution < 1.29 is 18.0 Å². The topological polar surface area (TPSA) is 129 Å². The fourth-order valence-corrected chi connectivity index (χ4v) is 3.48. The van der Waals surface area contributed by atoms with Crippen LogP contribution in [0, 0.1) is 6.92 Å².